The van der Waals surface area contributed by atoms with E-state index in [-0.39, 0.29) is 6.03 Å². The average molecular weight is 256 g/mol. The molecule has 1 atom stereocenters. The maximum Gasteiger partial charge on any atom is 0.329 e. The SMILES string of the molecule is CCCC1CCN(C(=O)N(C)C(C)(C)C(=O)O)C1. The minimum atomic E-state index is -1.17. The standard InChI is InChI=1S/C13H24N2O3/c1-5-6-10-7-8-15(9-10)12(18)14(4)13(2,3)11(16)17/h10H,5-9H2,1-4H3,(H,16,17). The zero-order valence-corrected chi connectivity index (χ0v) is 11.8. The molecule has 5 nitrogen and oxygen atoms in total. The van der Waals surface area contributed by atoms with Gasteiger partial charge in [-0.3, -0.25) is 0 Å². The number of hydrogen-bond acceptors (Lipinski definition) is 2. The van der Waals surface area contributed by atoms with E-state index in [1.165, 1.54) is 4.90 Å². The van der Waals surface area contributed by atoms with Crippen LogP contribution in [0.1, 0.15) is 40.0 Å². The molecule has 0 spiro atoms. The molecule has 0 aliphatic carbocycles. The van der Waals surface area contributed by atoms with Gasteiger partial charge in [0.25, 0.3) is 0 Å². The van der Waals surface area contributed by atoms with E-state index >= 15 is 0 Å². The second-order valence-corrected chi connectivity index (χ2v) is 5.60. The van der Waals surface area contributed by atoms with Crippen LogP contribution in [-0.2, 0) is 4.79 Å². The van der Waals surface area contributed by atoms with Gasteiger partial charge in [-0.25, -0.2) is 9.59 Å². The molecule has 1 rings (SSSR count). The van der Waals surface area contributed by atoms with Crippen LogP contribution in [0.4, 0.5) is 4.79 Å². The minimum absolute atomic E-state index is 0.180. The van der Waals surface area contributed by atoms with Crippen molar-refractivity contribution >= 4 is 12.0 Å². The lowest BCUT2D eigenvalue weighted by molar-refractivity contribution is -0.147. The molecule has 1 saturated heterocycles. The highest BCUT2D eigenvalue weighted by Gasteiger charge is 2.38. The third-order valence-corrected chi connectivity index (χ3v) is 3.90. The number of amides is 2. The molecule has 0 bridgehead atoms. The summed E-state index contributed by atoms with van der Waals surface area (Å²) in [6.45, 7) is 6.74. The van der Waals surface area contributed by atoms with Crippen molar-refractivity contribution in [3.63, 3.8) is 0 Å². The van der Waals surface area contributed by atoms with Gasteiger partial charge in [0.1, 0.15) is 5.54 Å². The number of nitrogens with zero attached hydrogens (tertiary/aromatic N) is 2. The fourth-order valence-electron chi connectivity index (χ4n) is 2.24. The van der Waals surface area contributed by atoms with Gasteiger partial charge in [0, 0.05) is 20.1 Å². The van der Waals surface area contributed by atoms with Crippen molar-refractivity contribution in [1.29, 1.82) is 0 Å². The molecular formula is C13H24N2O3. The highest BCUT2D eigenvalue weighted by Crippen LogP contribution is 2.23. The lowest BCUT2D eigenvalue weighted by Crippen LogP contribution is -2.54. The molecule has 1 unspecified atom stereocenters. The lowest BCUT2D eigenvalue weighted by atomic mass is 10.0. The van der Waals surface area contributed by atoms with Crippen LogP contribution < -0.4 is 0 Å². The summed E-state index contributed by atoms with van der Waals surface area (Å²) in [5.41, 5.74) is -1.17. The molecule has 2 amide bonds. The van der Waals surface area contributed by atoms with Crippen molar-refractivity contribution in [2.24, 2.45) is 5.92 Å². The van der Waals surface area contributed by atoms with Crippen molar-refractivity contribution in [3.8, 4) is 0 Å². The highest BCUT2D eigenvalue weighted by molar-refractivity contribution is 5.85. The van der Waals surface area contributed by atoms with Gasteiger partial charge in [0.05, 0.1) is 0 Å². The van der Waals surface area contributed by atoms with E-state index in [1.54, 1.807) is 25.8 Å². The Hall–Kier alpha value is -1.26. The molecule has 1 N–H and O–H groups in total. The number of carbonyl (C=O) groups is 2. The number of rotatable bonds is 4. The fraction of sp³-hybridized carbons (Fsp3) is 0.846. The molecular weight excluding hydrogens is 232 g/mol. The zero-order valence-electron chi connectivity index (χ0n) is 11.8. The smallest absolute Gasteiger partial charge is 0.329 e. The molecule has 0 aromatic heterocycles. The number of urea groups is 1. The Bertz CT molecular complexity index is 328. The minimum Gasteiger partial charge on any atom is -0.480 e. The number of carboxylic acids is 1. The molecule has 0 radical (unpaired) electrons. The monoisotopic (exact) mass is 256 g/mol. The van der Waals surface area contributed by atoms with Crippen LogP contribution in [0.2, 0.25) is 0 Å². The number of hydrogen-bond donors (Lipinski definition) is 1. The average Bonchev–Trinajstić information content (AvgIpc) is 2.76. The molecule has 0 saturated carbocycles. The summed E-state index contributed by atoms with van der Waals surface area (Å²) in [6, 6.07) is -0.180. The number of likely N-dealkylation sites (N-methyl/N-ethyl adjacent to an activating group) is 1. The number of likely N-dealkylation sites (tertiary alicyclic amines) is 1. The fourth-order valence-corrected chi connectivity index (χ4v) is 2.24. The predicted molar refractivity (Wildman–Crippen MR) is 69.5 cm³/mol. The number of carboxylic acid groups (broad SMARTS) is 1. The Labute approximate surface area is 109 Å². The molecule has 0 aromatic carbocycles. The summed E-state index contributed by atoms with van der Waals surface area (Å²) in [7, 11) is 1.56. The third kappa shape index (κ3) is 2.94. The van der Waals surface area contributed by atoms with Gasteiger partial charge in [0.2, 0.25) is 0 Å². The summed E-state index contributed by atoms with van der Waals surface area (Å²) in [5.74, 6) is -0.414. The topological polar surface area (TPSA) is 60.9 Å². The summed E-state index contributed by atoms with van der Waals surface area (Å²) in [6.07, 6.45) is 3.29. The maximum atomic E-state index is 12.2. The second kappa shape index (κ2) is 5.59. The zero-order chi connectivity index (χ0) is 13.9. The van der Waals surface area contributed by atoms with E-state index in [0.717, 1.165) is 32.4 Å². The predicted octanol–water partition coefficient (Wildman–Crippen LogP) is 2.02. The summed E-state index contributed by atoms with van der Waals surface area (Å²) in [4.78, 5) is 26.5. The summed E-state index contributed by atoms with van der Waals surface area (Å²) in [5, 5.41) is 9.13. The second-order valence-electron chi connectivity index (χ2n) is 5.60. The van der Waals surface area contributed by atoms with Gasteiger partial charge in [-0.2, -0.15) is 0 Å². The normalized spacial score (nSPS) is 20.0. The van der Waals surface area contributed by atoms with E-state index in [4.69, 9.17) is 5.11 Å². The molecule has 1 aliphatic rings. The van der Waals surface area contributed by atoms with Crippen LogP contribution >= 0.6 is 0 Å². The molecule has 5 heteroatoms. The van der Waals surface area contributed by atoms with E-state index in [0.29, 0.717) is 5.92 Å². The van der Waals surface area contributed by atoms with E-state index < -0.39 is 11.5 Å². The molecule has 1 heterocycles. The molecule has 18 heavy (non-hydrogen) atoms. The number of carbonyl (C=O) groups excluding carboxylic acids is 1. The highest BCUT2D eigenvalue weighted by atomic mass is 16.4. The van der Waals surface area contributed by atoms with E-state index in [2.05, 4.69) is 6.92 Å². The Balaban J connectivity index is 2.63. The van der Waals surface area contributed by atoms with Gasteiger partial charge in [-0.05, 0) is 32.6 Å². The third-order valence-electron chi connectivity index (χ3n) is 3.90. The molecule has 1 aliphatic heterocycles. The quantitative estimate of drug-likeness (QED) is 0.837. The van der Waals surface area contributed by atoms with E-state index in [1.807, 2.05) is 0 Å². The Kier molecular flexibility index (Phi) is 4.59. The lowest BCUT2D eigenvalue weighted by Gasteiger charge is -2.34. The molecule has 0 aromatic rings. The van der Waals surface area contributed by atoms with Crippen molar-refractivity contribution in [2.45, 2.75) is 45.6 Å². The first kappa shape index (κ1) is 14.8. The van der Waals surface area contributed by atoms with Crippen LogP contribution in [0.3, 0.4) is 0 Å². The Morgan fingerprint density at radius 2 is 2.06 bits per heavy atom. The number of aliphatic carboxylic acids is 1. The van der Waals surface area contributed by atoms with Crippen molar-refractivity contribution in [3.05, 3.63) is 0 Å². The van der Waals surface area contributed by atoms with Crippen LogP contribution in [0, 0.1) is 5.92 Å². The van der Waals surface area contributed by atoms with Crippen molar-refractivity contribution in [2.75, 3.05) is 20.1 Å². The molecule has 104 valence electrons. The Morgan fingerprint density at radius 1 is 1.44 bits per heavy atom. The van der Waals surface area contributed by atoms with Gasteiger partial charge in [-0.15, -0.1) is 0 Å². The Morgan fingerprint density at radius 3 is 2.56 bits per heavy atom. The van der Waals surface area contributed by atoms with Gasteiger partial charge >= 0.3 is 12.0 Å². The van der Waals surface area contributed by atoms with Gasteiger partial charge < -0.3 is 14.9 Å². The summed E-state index contributed by atoms with van der Waals surface area (Å²) >= 11 is 0. The van der Waals surface area contributed by atoms with Gasteiger partial charge in [0.15, 0.2) is 0 Å². The van der Waals surface area contributed by atoms with Crippen molar-refractivity contribution in [1.82, 2.24) is 9.80 Å². The van der Waals surface area contributed by atoms with Crippen LogP contribution in [0.5, 0.6) is 0 Å². The molecule has 1 fully saturated rings. The first-order valence-electron chi connectivity index (χ1n) is 6.56. The maximum absolute atomic E-state index is 12.2. The van der Waals surface area contributed by atoms with Crippen LogP contribution in [0.15, 0.2) is 0 Å². The van der Waals surface area contributed by atoms with Crippen molar-refractivity contribution < 1.29 is 14.7 Å². The largest absolute Gasteiger partial charge is 0.480 e. The summed E-state index contributed by atoms with van der Waals surface area (Å²) < 4.78 is 0. The van der Waals surface area contributed by atoms with E-state index in [9.17, 15) is 9.59 Å². The first-order valence-corrected chi connectivity index (χ1v) is 6.56. The first-order chi connectivity index (χ1) is 8.30. The van der Waals surface area contributed by atoms with Gasteiger partial charge in [-0.1, -0.05) is 13.3 Å². The van der Waals surface area contributed by atoms with Crippen LogP contribution in [-0.4, -0.2) is 52.6 Å². The van der Waals surface area contributed by atoms with Crippen LogP contribution in [0.25, 0.3) is 0 Å².